The number of nitrogens with one attached hydrogen (secondary N) is 1. The predicted molar refractivity (Wildman–Crippen MR) is 84.7 cm³/mol. The van der Waals surface area contributed by atoms with E-state index in [1.165, 1.54) is 6.07 Å². The summed E-state index contributed by atoms with van der Waals surface area (Å²) in [6, 6.07) is 2.86. The number of hydrogen-bond donors (Lipinski definition) is 1. The zero-order chi connectivity index (χ0) is 15.4. The lowest BCUT2D eigenvalue weighted by atomic mass is 10.1. The van der Waals surface area contributed by atoms with Crippen LogP contribution in [0, 0.1) is 5.82 Å². The van der Waals surface area contributed by atoms with Crippen LogP contribution in [0.4, 0.5) is 4.39 Å². The maximum absolute atomic E-state index is 13.9. The van der Waals surface area contributed by atoms with Crippen LogP contribution in [0.3, 0.4) is 0 Å². The van der Waals surface area contributed by atoms with Gasteiger partial charge in [-0.3, -0.25) is 9.67 Å². The fourth-order valence-electron chi connectivity index (χ4n) is 2.40. The molecule has 0 saturated carbocycles. The Morgan fingerprint density at radius 3 is 2.76 bits per heavy atom. The smallest absolute Gasteiger partial charge is 0.146 e. The van der Waals surface area contributed by atoms with Crippen LogP contribution in [-0.2, 0) is 19.4 Å². The molecule has 2 aromatic heterocycles. The number of rotatable bonds is 6. The molecule has 0 radical (unpaired) electrons. The average molecular weight is 355 g/mol. The van der Waals surface area contributed by atoms with Gasteiger partial charge in [-0.1, -0.05) is 6.92 Å². The molecule has 0 aliphatic rings. The molecule has 0 aromatic carbocycles. The van der Waals surface area contributed by atoms with E-state index in [0.29, 0.717) is 12.1 Å². The molecule has 1 N–H and O–H groups in total. The SMILES string of the molecule is CCc1nn(CC)c(CC(NC)c2ncccc2F)c1Br. The minimum Gasteiger partial charge on any atom is -0.311 e. The minimum atomic E-state index is -0.286. The van der Waals surface area contributed by atoms with Gasteiger partial charge < -0.3 is 5.32 Å². The Balaban J connectivity index is 2.35. The summed E-state index contributed by atoms with van der Waals surface area (Å²) in [7, 11) is 1.82. The number of aromatic nitrogens is 3. The lowest BCUT2D eigenvalue weighted by Gasteiger charge is -2.17. The first-order chi connectivity index (χ1) is 10.1. The van der Waals surface area contributed by atoms with Crippen LogP contribution in [0.15, 0.2) is 22.8 Å². The van der Waals surface area contributed by atoms with Gasteiger partial charge in [0.25, 0.3) is 0 Å². The maximum Gasteiger partial charge on any atom is 0.146 e. The third kappa shape index (κ3) is 3.32. The molecule has 2 aromatic rings. The molecular formula is C15H20BrFN4. The summed E-state index contributed by atoms with van der Waals surface area (Å²) in [5.74, 6) is -0.286. The van der Waals surface area contributed by atoms with Crippen molar-refractivity contribution < 1.29 is 4.39 Å². The normalized spacial score (nSPS) is 12.6. The highest BCUT2D eigenvalue weighted by Crippen LogP contribution is 2.27. The van der Waals surface area contributed by atoms with Crippen molar-refractivity contribution in [1.29, 1.82) is 0 Å². The minimum absolute atomic E-state index is 0.186. The third-order valence-electron chi connectivity index (χ3n) is 3.56. The molecule has 0 fully saturated rings. The summed E-state index contributed by atoms with van der Waals surface area (Å²) < 4.78 is 16.9. The van der Waals surface area contributed by atoms with Crippen molar-refractivity contribution in [3.8, 4) is 0 Å². The van der Waals surface area contributed by atoms with Gasteiger partial charge in [0.1, 0.15) is 5.82 Å². The Bertz CT molecular complexity index is 612. The Kier molecular flexibility index (Phi) is 5.47. The first kappa shape index (κ1) is 16.1. The van der Waals surface area contributed by atoms with E-state index in [-0.39, 0.29) is 11.9 Å². The third-order valence-corrected chi connectivity index (χ3v) is 4.47. The second kappa shape index (κ2) is 7.13. The number of halogens is 2. The molecule has 0 amide bonds. The Morgan fingerprint density at radius 2 is 2.19 bits per heavy atom. The summed E-state index contributed by atoms with van der Waals surface area (Å²) in [6.45, 7) is 4.91. The summed E-state index contributed by atoms with van der Waals surface area (Å²) in [4.78, 5) is 4.18. The van der Waals surface area contributed by atoms with E-state index in [1.54, 1.807) is 12.3 Å². The fourth-order valence-corrected chi connectivity index (χ4v) is 3.12. The largest absolute Gasteiger partial charge is 0.311 e. The first-order valence-corrected chi connectivity index (χ1v) is 7.93. The van der Waals surface area contributed by atoms with Gasteiger partial charge in [-0.15, -0.1) is 0 Å². The molecule has 0 spiro atoms. The van der Waals surface area contributed by atoms with Crippen LogP contribution in [0.2, 0.25) is 0 Å². The van der Waals surface area contributed by atoms with Crippen molar-refractivity contribution in [2.24, 2.45) is 0 Å². The van der Waals surface area contributed by atoms with Crippen molar-refractivity contribution in [3.05, 3.63) is 45.7 Å². The predicted octanol–water partition coefficient (Wildman–Crippen LogP) is 3.27. The maximum atomic E-state index is 13.9. The van der Waals surface area contributed by atoms with Crippen LogP contribution in [0.5, 0.6) is 0 Å². The van der Waals surface area contributed by atoms with Gasteiger partial charge in [0.05, 0.1) is 27.6 Å². The monoisotopic (exact) mass is 354 g/mol. The van der Waals surface area contributed by atoms with Crippen LogP contribution >= 0.6 is 15.9 Å². The number of pyridine rings is 1. The zero-order valence-electron chi connectivity index (χ0n) is 12.5. The molecule has 6 heteroatoms. The zero-order valence-corrected chi connectivity index (χ0v) is 14.1. The molecule has 2 heterocycles. The Hall–Kier alpha value is -1.27. The highest BCUT2D eigenvalue weighted by molar-refractivity contribution is 9.10. The Labute approximate surface area is 132 Å². The van der Waals surface area contributed by atoms with Crippen LogP contribution in [0.25, 0.3) is 0 Å². The summed E-state index contributed by atoms with van der Waals surface area (Å²) in [6.07, 6.45) is 3.11. The summed E-state index contributed by atoms with van der Waals surface area (Å²) in [5, 5.41) is 7.73. The van der Waals surface area contributed by atoms with E-state index in [1.807, 2.05) is 11.7 Å². The van der Waals surface area contributed by atoms with Crippen LogP contribution in [-0.4, -0.2) is 21.8 Å². The second-order valence-corrected chi connectivity index (χ2v) is 5.59. The van der Waals surface area contributed by atoms with Crippen molar-refractivity contribution >= 4 is 15.9 Å². The molecule has 114 valence electrons. The average Bonchev–Trinajstić information content (AvgIpc) is 2.81. The lowest BCUT2D eigenvalue weighted by Crippen LogP contribution is -2.23. The molecule has 0 saturated heterocycles. The fraction of sp³-hybridized carbons (Fsp3) is 0.467. The topological polar surface area (TPSA) is 42.7 Å². The van der Waals surface area contributed by atoms with Gasteiger partial charge in [-0.05, 0) is 48.5 Å². The number of likely N-dealkylation sites (N-methyl/N-ethyl adjacent to an activating group) is 1. The first-order valence-electron chi connectivity index (χ1n) is 7.14. The van der Waals surface area contributed by atoms with Gasteiger partial charge in [-0.25, -0.2) is 4.39 Å². The standard InChI is InChI=1S/C15H20BrFN4/c1-4-11-14(16)13(21(5-2)20-11)9-12(18-3)15-10(17)7-6-8-19-15/h6-8,12,18H,4-5,9H2,1-3H3. The van der Waals surface area contributed by atoms with E-state index in [9.17, 15) is 4.39 Å². The van der Waals surface area contributed by atoms with Gasteiger partial charge >= 0.3 is 0 Å². The Morgan fingerprint density at radius 1 is 1.43 bits per heavy atom. The molecule has 2 rings (SSSR count). The second-order valence-electron chi connectivity index (χ2n) is 4.79. The van der Waals surface area contributed by atoms with E-state index < -0.39 is 0 Å². The highest BCUT2D eigenvalue weighted by Gasteiger charge is 2.21. The molecule has 21 heavy (non-hydrogen) atoms. The number of nitrogens with zero attached hydrogens (tertiary/aromatic N) is 3. The molecule has 1 unspecified atom stereocenters. The molecule has 0 aliphatic heterocycles. The quantitative estimate of drug-likeness (QED) is 0.865. The van der Waals surface area contributed by atoms with Crippen molar-refractivity contribution in [2.45, 2.75) is 39.3 Å². The van der Waals surface area contributed by atoms with Crippen molar-refractivity contribution in [3.63, 3.8) is 0 Å². The van der Waals surface area contributed by atoms with Gasteiger partial charge in [0, 0.05) is 19.2 Å². The molecule has 1 atom stereocenters. The van der Waals surface area contributed by atoms with Crippen LogP contribution in [0.1, 0.15) is 37.0 Å². The molecule has 0 bridgehead atoms. The molecular weight excluding hydrogens is 335 g/mol. The highest BCUT2D eigenvalue weighted by atomic mass is 79.9. The van der Waals surface area contributed by atoms with Crippen LogP contribution < -0.4 is 5.32 Å². The number of hydrogen-bond acceptors (Lipinski definition) is 3. The van der Waals surface area contributed by atoms with E-state index >= 15 is 0 Å². The summed E-state index contributed by atoms with van der Waals surface area (Å²) >= 11 is 3.63. The van der Waals surface area contributed by atoms with Crippen molar-refractivity contribution in [2.75, 3.05) is 7.05 Å². The number of aryl methyl sites for hydroxylation is 2. The van der Waals surface area contributed by atoms with E-state index in [2.05, 4.69) is 45.2 Å². The van der Waals surface area contributed by atoms with Gasteiger partial charge in [0.15, 0.2) is 0 Å². The van der Waals surface area contributed by atoms with Gasteiger partial charge in [0.2, 0.25) is 0 Å². The molecule has 4 nitrogen and oxygen atoms in total. The molecule has 0 aliphatic carbocycles. The van der Waals surface area contributed by atoms with Gasteiger partial charge in [-0.2, -0.15) is 5.10 Å². The lowest BCUT2D eigenvalue weighted by molar-refractivity contribution is 0.496. The van der Waals surface area contributed by atoms with E-state index in [0.717, 1.165) is 28.8 Å². The summed E-state index contributed by atoms with van der Waals surface area (Å²) in [5.41, 5.74) is 2.54. The van der Waals surface area contributed by atoms with E-state index in [4.69, 9.17) is 0 Å². The van der Waals surface area contributed by atoms with Crippen molar-refractivity contribution in [1.82, 2.24) is 20.1 Å².